The number of carbonyl (C=O) groups is 4. The second kappa shape index (κ2) is 12.2. The molecule has 11 heteroatoms. The zero-order chi connectivity index (χ0) is 34.9. The van der Waals surface area contributed by atoms with Gasteiger partial charge in [-0.2, -0.15) is 0 Å². The number of carbonyl (C=O) groups excluding carboxylic acids is 4. The lowest BCUT2D eigenvalue weighted by atomic mass is 9.44. The number of ketones is 3. The van der Waals surface area contributed by atoms with Gasteiger partial charge in [0.25, 0.3) is 0 Å². The summed E-state index contributed by atoms with van der Waals surface area (Å²) in [5.41, 5.74) is -1.98. The van der Waals surface area contributed by atoms with Crippen molar-refractivity contribution in [3.05, 3.63) is 23.8 Å². The number of allylic oxidation sites excluding steroid dienone is 4. The van der Waals surface area contributed by atoms with E-state index in [0.29, 0.717) is 19.3 Å². The van der Waals surface area contributed by atoms with Gasteiger partial charge in [0.2, 0.25) is 5.78 Å². The maximum atomic E-state index is 17.7. The molecule has 0 aromatic rings. The second-order valence-electron chi connectivity index (χ2n) is 16.1. The molecule has 3 N–H and O–H groups in total. The van der Waals surface area contributed by atoms with Crippen LogP contribution in [0.3, 0.4) is 0 Å². The van der Waals surface area contributed by atoms with Crippen molar-refractivity contribution < 1.29 is 47.3 Å². The van der Waals surface area contributed by atoms with Crippen LogP contribution in [0.1, 0.15) is 93.4 Å². The van der Waals surface area contributed by atoms with E-state index in [9.17, 15) is 24.3 Å². The molecule has 47 heavy (non-hydrogen) atoms. The number of esters is 1. The molecular weight excluding hydrogens is 612 g/mol. The molecule has 1 saturated heterocycles. The molecule has 4 fully saturated rings. The van der Waals surface area contributed by atoms with Crippen LogP contribution in [0, 0.1) is 34.0 Å². The Morgan fingerprint density at radius 1 is 1.19 bits per heavy atom. The fourth-order valence-corrected chi connectivity index (χ4v) is 9.60. The van der Waals surface area contributed by atoms with Gasteiger partial charge in [0.05, 0.1) is 23.7 Å². The number of fused-ring (bicyclic) bond motifs is 7. The molecule has 1 unspecified atom stereocenters. The highest BCUT2D eigenvalue weighted by atomic mass is 19.1. The molecule has 3 saturated carbocycles. The predicted molar refractivity (Wildman–Crippen MR) is 168 cm³/mol. The number of nitrogens with two attached hydrogens (primary N) is 1. The van der Waals surface area contributed by atoms with E-state index in [1.54, 1.807) is 20.8 Å². The SMILES string of the molecule is CCCC1O[C@@H]2C[C@H]3[C@@H]4C[C@H](F)C5=CC(=O)C=C[C@]5(C)[C@@]4(F)[C@@H](O)C[C@]3(C)[C@]2(C(=O)COC(=O)C(C)(C)CC(=O)[C@@H](N)CC(C)C)O1. The van der Waals surface area contributed by atoms with E-state index >= 15 is 8.78 Å². The number of aliphatic hydroxyl groups is 1. The summed E-state index contributed by atoms with van der Waals surface area (Å²) < 4.78 is 51.9. The number of hydrogen-bond donors (Lipinski definition) is 2. The standard InChI is InChI=1S/C36H51F2NO8/c1-8-9-30-46-29-15-21-22-14-24(37)23-13-20(40)10-11-33(23,6)35(22,38)27(42)17-34(21,7)36(29,47-30)28(43)18-45-31(44)32(4,5)16-26(41)25(39)12-19(2)3/h10-11,13,19,21-22,24-25,27,29-30,42H,8-9,12,14-18,39H2,1-7H3/t21-,22-,24-,25-,27-,29+,30?,33-,34-,35-,36+/m0/s1. The first kappa shape index (κ1) is 36.0. The largest absolute Gasteiger partial charge is 0.457 e. The van der Waals surface area contributed by atoms with Crippen molar-refractivity contribution in [1.29, 1.82) is 0 Å². The fourth-order valence-electron chi connectivity index (χ4n) is 9.60. The molecule has 5 aliphatic rings. The van der Waals surface area contributed by atoms with Gasteiger partial charge in [0.15, 0.2) is 35.7 Å². The van der Waals surface area contributed by atoms with Gasteiger partial charge < -0.3 is 25.1 Å². The van der Waals surface area contributed by atoms with Crippen molar-refractivity contribution in [3.63, 3.8) is 0 Å². The summed E-state index contributed by atoms with van der Waals surface area (Å²) in [7, 11) is 0. The number of ether oxygens (including phenoxy) is 3. The van der Waals surface area contributed by atoms with Crippen LogP contribution in [0.2, 0.25) is 0 Å². The lowest BCUT2D eigenvalue weighted by molar-refractivity contribution is -0.235. The number of rotatable bonds is 11. The first-order chi connectivity index (χ1) is 21.8. The lowest BCUT2D eigenvalue weighted by Gasteiger charge is -2.63. The highest BCUT2D eigenvalue weighted by Crippen LogP contribution is 2.72. The number of halogens is 2. The van der Waals surface area contributed by atoms with Gasteiger partial charge >= 0.3 is 5.97 Å². The van der Waals surface area contributed by atoms with Gasteiger partial charge in [-0.1, -0.05) is 40.2 Å². The maximum Gasteiger partial charge on any atom is 0.312 e. The summed E-state index contributed by atoms with van der Waals surface area (Å²) in [6.45, 7) is 11.6. The summed E-state index contributed by atoms with van der Waals surface area (Å²) in [5, 5.41) is 11.7. The smallest absolute Gasteiger partial charge is 0.312 e. The molecule has 0 amide bonds. The Kier molecular flexibility index (Phi) is 9.34. The average molecular weight is 664 g/mol. The van der Waals surface area contributed by atoms with Gasteiger partial charge in [0, 0.05) is 23.2 Å². The second-order valence-corrected chi connectivity index (χ2v) is 16.1. The quantitative estimate of drug-likeness (QED) is 0.302. The van der Waals surface area contributed by atoms with E-state index in [1.807, 2.05) is 20.8 Å². The Labute approximate surface area is 276 Å². The van der Waals surface area contributed by atoms with Crippen molar-refractivity contribution >= 4 is 23.3 Å². The summed E-state index contributed by atoms with van der Waals surface area (Å²) in [5.74, 6) is -3.51. The third kappa shape index (κ3) is 5.38. The molecule has 4 aliphatic carbocycles. The summed E-state index contributed by atoms with van der Waals surface area (Å²) in [6, 6.07) is -0.722. The van der Waals surface area contributed by atoms with E-state index in [0.717, 1.165) is 6.08 Å². The molecule has 262 valence electrons. The first-order valence-electron chi connectivity index (χ1n) is 17.1. The van der Waals surface area contributed by atoms with E-state index in [-0.39, 0.29) is 43.0 Å². The Bertz CT molecular complexity index is 1380. The van der Waals surface area contributed by atoms with Crippen molar-refractivity contribution in [3.8, 4) is 0 Å². The van der Waals surface area contributed by atoms with Crippen molar-refractivity contribution in [2.45, 2.75) is 135 Å². The van der Waals surface area contributed by atoms with Crippen molar-refractivity contribution in [2.75, 3.05) is 6.61 Å². The highest BCUT2D eigenvalue weighted by Gasteiger charge is 2.80. The predicted octanol–water partition coefficient (Wildman–Crippen LogP) is 4.67. The molecular formula is C36H51F2NO8. The van der Waals surface area contributed by atoms with Crippen molar-refractivity contribution in [2.24, 2.45) is 39.7 Å². The Hall–Kier alpha value is -2.34. The number of alkyl halides is 2. The van der Waals surface area contributed by atoms with Crippen LogP contribution in [0.25, 0.3) is 0 Å². The van der Waals surface area contributed by atoms with Crippen LogP contribution >= 0.6 is 0 Å². The molecule has 0 bridgehead atoms. The van der Waals surface area contributed by atoms with Crippen LogP contribution in [0.5, 0.6) is 0 Å². The third-order valence-corrected chi connectivity index (χ3v) is 12.0. The molecule has 1 heterocycles. The molecule has 0 aromatic heterocycles. The van der Waals surface area contributed by atoms with Gasteiger partial charge in [0.1, 0.15) is 6.17 Å². The zero-order valence-electron chi connectivity index (χ0n) is 28.6. The van der Waals surface area contributed by atoms with E-state index in [4.69, 9.17) is 19.9 Å². The Morgan fingerprint density at radius 2 is 1.87 bits per heavy atom. The molecule has 11 atom stereocenters. The molecule has 5 rings (SSSR count). The van der Waals surface area contributed by atoms with Gasteiger partial charge in [-0.05, 0) is 82.4 Å². The van der Waals surface area contributed by atoms with Crippen LogP contribution in [-0.4, -0.2) is 77.0 Å². The Morgan fingerprint density at radius 3 is 2.51 bits per heavy atom. The molecule has 0 radical (unpaired) electrons. The zero-order valence-corrected chi connectivity index (χ0v) is 28.6. The van der Waals surface area contributed by atoms with E-state index < -0.39 is 94.2 Å². The van der Waals surface area contributed by atoms with Gasteiger partial charge in [-0.25, -0.2) is 8.78 Å². The van der Waals surface area contributed by atoms with Gasteiger partial charge in [-0.3, -0.25) is 19.2 Å². The summed E-state index contributed by atoms with van der Waals surface area (Å²) in [4.78, 5) is 52.6. The summed E-state index contributed by atoms with van der Waals surface area (Å²) >= 11 is 0. The molecule has 0 aromatic carbocycles. The highest BCUT2D eigenvalue weighted by molar-refractivity contribution is 6.01. The first-order valence-corrected chi connectivity index (χ1v) is 17.1. The number of Topliss-reactive ketones (excluding diaryl/α,β-unsaturated/α-hetero) is 2. The number of hydrogen-bond acceptors (Lipinski definition) is 9. The average Bonchev–Trinajstić information content (AvgIpc) is 3.46. The van der Waals surface area contributed by atoms with E-state index in [1.165, 1.54) is 19.1 Å². The van der Waals surface area contributed by atoms with Crippen LogP contribution in [0.4, 0.5) is 8.78 Å². The minimum Gasteiger partial charge on any atom is -0.457 e. The molecule has 9 nitrogen and oxygen atoms in total. The minimum absolute atomic E-state index is 0.0177. The third-order valence-electron chi connectivity index (χ3n) is 12.0. The molecule has 0 spiro atoms. The monoisotopic (exact) mass is 663 g/mol. The van der Waals surface area contributed by atoms with Crippen LogP contribution in [-0.2, 0) is 33.4 Å². The Balaban J connectivity index is 1.43. The van der Waals surface area contributed by atoms with Crippen molar-refractivity contribution in [1.82, 2.24) is 0 Å². The van der Waals surface area contributed by atoms with Crippen LogP contribution in [0.15, 0.2) is 23.8 Å². The topological polar surface area (TPSA) is 142 Å². The minimum atomic E-state index is -2.33. The van der Waals surface area contributed by atoms with Crippen LogP contribution < -0.4 is 5.73 Å². The fraction of sp³-hybridized carbons (Fsp3) is 0.778. The summed E-state index contributed by atoms with van der Waals surface area (Å²) in [6.07, 6.45) is 0.0831. The molecule has 1 aliphatic heterocycles. The van der Waals surface area contributed by atoms with Gasteiger partial charge in [-0.15, -0.1) is 0 Å². The lowest BCUT2D eigenvalue weighted by Crippen LogP contribution is -2.71. The normalized spacial score (nSPS) is 41.4. The van der Waals surface area contributed by atoms with E-state index in [2.05, 4.69) is 0 Å². The number of aliphatic hydroxyl groups excluding tert-OH is 1. The maximum absolute atomic E-state index is 17.7.